The first-order chi connectivity index (χ1) is 16.8. The number of carbonyl (C=O) groups excluding carboxylic acids is 3. The smallest absolute Gasteiger partial charge is 0.329 e. The number of nitrogens with one attached hydrogen (secondary N) is 2. The highest BCUT2D eigenvalue weighted by molar-refractivity contribution is 14.1. The van der Waals surface area contributed by atoms with Gasteiger partial charge in [-0.15, -0.1) is 0 Å². The predicted molar refractivity (Wildman–Crippen MR) is 143 cm³/mol. The van der Waals surface area contributed by atoms with E-state index in [4.69, 9.17) is 4.74 Å². The number of imide groups is 1. The molecule has 35 heavy (non-hydrogen) atoms. The first-order valence-corrected chi connectivity index (χ1v) is 12.1. The summed E-state index contributed by atoms with van der Waals surface area (Å²) in [7, 11) is 0. The molecule has 0 atom stereocenters. The summed E-state index contributed by atoms with van der Waals surface area (Å²) >= 11 is 2.17. The van der Waals surface area contributed by atoms with E-state index < -0.39 is 17.8 Å². The first kappa shape index (κ1) is 24.5. The number of hydrogen-bond donors (Lipinski definition) is 2. The number of urea groups is 1. The lowest BCUT2D eigenvalue weighted by Gasteiger charge is -2.12. The van der Waals surface area contributed by atoms with Crippen LogP contribution in [0, 0.1) is 17.4 Å². The largest absolute Gasteiger partial charge is 0.488 e. The number of halogens is 1. The van der Waals surface area contributed by atoms with Gasteiger partial charge in [-0.05, 0) is 83.5 Å². The minimum absolute atomic E-state index is 0.113. The molecule has 1 aliphatic rings. The zero-order valence-electron chi connectivity index (χ0n) is 19.3. The Balaban J connectivity index is 1.39. The summed E-state index contributed by atoms with van der Waals surface area (Å²) in [6.07, 6.45) is 1.59. The van der Waals surface area contributed by atoms with Crippen molar-refractivity contribution in [2.24, 2.45) is 0 Å². The van der Waals surface area contributed by atoms with Crippen LogP contribution in [0.4, 0.5) is 10.5 Å². The molecule has 0 radical (unpaired) electrons. The van der Waals surface area contributed by atoms with Crippen LogP contribution in [-0.4, -0.2) is 29.3 Å². The van der Waals surface area contributed by atoms with Gasteiger partial charge in [-0.3, -0.25) is 9.59 Å². The van der Waals surface area contributed by atoms with Crippen LogP contribution in [0.5, 0.6) is 5.75 Å². The number of amides is 4. The minimum Gasteiger partial charge on any atom is -0.488 e. The van der Waals surface area contributed by atoms with Gasteiger partial charge in [0.15, 0.2) is 0 Å². The molecular weight excluding hydrogens is 557 g/mol. The number of ether oxygens (including phenoxy) is 1. The van der Waals surface area contributed by atoms with E-state index in [0.717, 1.165) is 30.9 Å². The number of benzene rings is 3. The predicted octanol–water partition coefficient (Wildman–Crippen LogP) is 5.02. The molecular formula is C27H24IN3O4. The molecule has 4 amide bonds. The third-order valence-electron chi connectivity index (χ3n) is 5.35. The highest BCUT2D eigenvalue weighted by Crippen LogP contribution is 2.25. The van der Waals surface area contributed by atoms with Gasteiger partial charge >= 0.3 is 6.03 Å². The average molecular weight is 581 g/mol. The second-order valence-electron chi connectivity index (χ2n) is 8.26. The van der Waals surface area contributed by atoms with Gasteiger partial charge in [-0.25, -0.2) is 9.69 Å². The highest BCUT2D eigenvalue weighted by atomic mass is 127. The summed E-state index contributed by atoms with van der Waals surface area (Å²) in [6, 6.07) is 20.3. The molecule has 1 fully saturated rings. The van der Waals surface area contributed by atoms with Crippen molar-refractivity contribution in [1.82, 2.24) is 10.2 Å². The van der Waals surface area contributed by atoms with E-state index in [0.29, 0.717) is 12.3 Å². The van der Waals surface area contributed by atoms with Crippen LogP contribution in [0.15, 0.2) is 72.4 Å². The second-order valence-corrected chi connectivity index (χ2v) is 9.42. The molecule has 0 aliphatic carbocycles. The molecule has 2 N–H and O–H groups in total. The Morgan fingerprint density at radius 1 is 1.03 bits per heavy atom. The van der Waals surface area contributed by atoms with Gasteiger partial charge in [-0.1, -0.05) is 48.0 Å². The maximum atomic E-state index is 12.8. The Labute approximate surface area is 217 Å². The Morgan fingerprint density at radius 3 is 2.51 bits per heavy atom. The lowest BCUT2D eigenvalue weighted by molar-refractivity contribution is -0.127. The molecule has 8 heteroatoms. The van der Waals surface area contributed by atoms with Crippen LogP contribution in [0.1, 0.15) is 22.3 Å². The lowest BCUT2D eigenvalue weighted by Crippen LogP contribution is -2.38. The van der Waals surface area contributed by atoms with E-state index in [9.17, 15) is 14.4 Å². The van der Waals surface area contributed by atoms with Crippen LogP contribution in [-0.2, 0) is 16.2 Å². The summed E-state index contributed by atoms with van der Waals surface area (Å²) in [5.41, 5.74) is 4.71. The molecule has 1 aliphatic heterocycles. The van der Waals surface area contributed by atoms with Crippen molar-refractivity contribution in [1.29, 1.82) is 0 Å². The zero-order chi connectivity index (χ0) is 24.9. The number of rotatable bonds is 7. The SMILES string of the molecule is Cc1ccc(COc2ccc(/C=C3/NC(=O)N(CC(=O)Nc4cccc(C)c4)C3=O)cc2I)cc1. The van der Waals surface area contributed by atoms with Crippen molar-refractivity contribution in [3.05, 3.63) is 98.3 Å². The molecule has 3 aromatic carbocycles. The van der Waals surface area contributed by atoms with Crippen LogP contribution in [0.3, 0.4) is 0 Å². The molecule has 0 aromatic heterocycles. The third kappa shape index (κ3) is 6.27. The van der Waals surface area contributed by atoms with Gasteiger partial charge in [0.1, 0.15) is 24.6 Å². The molecule has 0 saturated carbocycles. The number of nitrogens with zero attached hydrogens (tertiary/aromatic N) is 1. The van der Waals surface area contributed by atoms with Gasteiger partial charge in [0, 0.05) is 5.69 Å². The molecule has 4 rings (SSSR count). The topological polar surface area (TPSA) is 87.7 Å². The fourth-order valence-corrected chi connectivity index (χ4v) is 4.21. The molecule has 0 spiro atoms. The van der Waals surface area contributed by atoms with E-state index >= 15 is 0 Å². The van der Waals surface area contributed by atoms with E-state index in [-0.39, 0.29) is 12.2 Å². The number of aryl methyl sites for hydroxylation is 2. The fourth-order valence-electron chi connectivity index (χ4n) is 3.52. The maximum absolute atomic E-state index is 12.8. The normalized spacial score (nSPS) is 14.3. The maximum Gasteiger partial charge on any atom is 0.329 e. The fraction of sp³-hybridized carbons (Fsp3) is 0.148. The Bertz CT molecular complexity index is 1320. The van der Waals surface area contributed by atoms with Gasteiger partial charge < -0.3 is 15.4 Å². The van der Waals surface area contributed by atoms with Crippen molar-refractivity contribution >= 4 is 52.2 Å². The summed E-state index contributed by atoms with van der Waals surface area (Å²) in [4.78, 5) is 38.4. The van der Waals surface area contributed by atoms with Crippen LogP contribution in [0.25, 0.3) is 6.08 Å². The van der Waals surface area contributed by atoms with Crippen molar-refractivity contribution in [3.63, 3.8) is 0 Å². The van der Waals surface area contributed by atoms with Gasteiger partial charge in [0.25, 0.3) is 5.91 Å². The monoisotopic (exact) mass is 581 g/mol. The summed E-state index contributed by atoms with van der Waals surface area (Å²) in [6.45, 7) is 4.02. The lowest BCUT2D eigenvalue weighted by atomic mass is 10.1. The zero-order valence-corrected chi connectivity index (χ0v) is 21.5. The Morgan fingerprint density at radius 2 is 1.80 bits per heavy atom. The molecule has 0 bridgehead atoms. The van der Waals surface area contributed by atoms with E-state index in [1.54, 1.807) is 12.1 Å². The Kier molecular flexibility index (Phi) is 7.50. The number of anilines is 1. The third-order valence-corrected chi connectivity index (χ3v) is 6.19. The van der Waals surface area contributed by atoms with Gasteiger partial charge in [-0.2, -0.15) is 0 Å². The summed E-state index contributed by atoms with van der Waals surface area (Å²) in [5, 5.41) is 5.26. The van der Waals surface area contributed by atoms with Gasteiger partial charge in [0.05, 0.1) is 3.57 Å². The van der Waals surface area contributed by atoms with E-state index in [1.165, 1.54) is 5.56 Å². The van der Waals surface area contributed by atoms with Crippen molar-refractivity contribution in [3.8, 4) is 5.75 Å². The number of hydrogen-bond acceptors (Lipinski definition) is 4. The Hall–Kier alpha value is -3.66. The van der Waals surface area contributed by atoms with E-state index in [2.05, 4.69) is 33.2 Å². The molecule has 3 aromatic rings. The number of carbonyl (C=O) groups is 3. The summed E-state index contributed by atoms with van der Waals surface area (Å²) < 4.78 is 6.80. The molecule has 7 nitrogen and oxygen atoms in total. The second kappa shape index (κ2) is 10.7. The standard InChI is InChI=1S/C27H24IN3O4/c1-17-6-8-19(9-7-17)16-35-24-11-10-20(13-22(24)28)14-23-26(33)31(27(34)30-23)15-25(32)29-21-5-3-4-18(2)12-21/h3-14H,15-16H2,1-2H3,(H,29,32)(H,30,34)/b23-14+. The van der Waals surface area contributed by atoms with Crippen molar-refractivity contribution < 1.29 is 19.1 Å². The van der Waals surface area contributed by atoms with Crippen LogP contribution >= 0.6 is 22.6 Å². The average Bonchev–Trinajstić information content (AvgIpc) is 3.07. The van der Waals surface area contributed by atoms with Crippen LogP contribution < -0.4 is 15.4 Å². The van der Waals surface area contributed by atoms with Gasteiger partial charge in [0.2, 0.25) is 5.91 Å². The van der Waals surface area contributed by atoms with Crippen molar-refractivity contribution in [2.45, 2.75) is 20.5 Å². The van der Waals surface area contributed by atoms with Crippen LogP contribution in [0.2, 0.25) is 0 Å². The molecule has 1 heterocycles. The van der Waals surface area contributed by atoms with E-state index in [1.807, 2.05) is 74.5 Å². The first-order valence-electron chi connectivity index (χ1n) is 11.0. The highest BCUT2D eigenvalue weighted by Gasteiger charge is 2.34. The quantitative estimate of drug-likeness (QED) is 0.233. The molecule has 0 unspecified atom stereocenters. The molecule has 178 valence electrons. The van der Waals surface area contributed by atoms with Crippen molar-refractivity contribution in [2.75, 3.05) is 11.9 Å². The molecule has 1 saturated heterocycles. The summed E-state index contributed by atoms with van der Waals surface area (Å²) in [5.74, 6) is -0.279. The minimum atomic E-state index is -0.631.